The van der Waals surface area contributed by atoms with Gasteiger partial charge in [-0.15, -0.1) is 0 Å². The Morgan fingerprint density at radius 3 is 1.73 bits per heavy atom. The average molecular weight is 629 g/mol. The van der Waals surface area contributed by atoms with Crippen LogP contribution in [0.5, 0.6) is 23.0 Å². The van der Waals surface area contributed by atoms with Crippen LogP contribution in [0.2, 0.25) is 0 Å². The smallest absolute Gasteiger partial charge is 0.416 e. The Morgan fingerprint density at radius 1 is 0.733 bits per heavy atom. The monoisotopic (exact) mass is 628 g/mol. The molecule has 242 valence electrons. The highest BCUT2D eigenvalue weighted by molar-refractivity contribution is 5.78. The van der Waals surface area contributed by atoms with Crippen LogP contribution in [0, 0.1) is 0 Å². The van der Waals surface area contributed by atoms with Crippen LogP contribution >= 0.6 is 0 Å². The number of methoxy groups -OCH3 is 4. The third-order valence-electron chi connectivity index (χ3n) is 8.04. The third-order valence-corrected chi connectivity index (χ3v) is 8.04. The highest BCUT2D eigenvalue weighted by Crippen LogP contribution is 2.43. The van der Waals surface area contributed by atoms with E-state index in [1.807, 2.05) is 36.4 Å². The van der Waals surface area contributed by atoms with Crippen molar-refractivity contribution < 1.29 is 41.7 Å². The number of carbonyl (C=O) groups is 2. The summed E-state index contributed by atoms with van der Waals surface area (Å²) < 4.78 is 60.1. The van der Waals surface area contributed by atoms with Gasteiger partial charge in [0.25, 0.3) is 0 Å². The highest BCUT2D eigenvalue weighted by Gasteiger charge is 2.34. The van der Waals surface area contributed by atoms with Crippen LogP contribution in [0.4, 0.5) is 13.2 Å². The lowest BCUT2D eigenvalue weighted by atomic mass is 9.92. The minimum atomic E-state index is -4.38. The first kappa shape index (κ1) is 33.5. The molecule has 2 aliphatic rings. The summed E-state index contributed by atoms with van der Waals surface area (Å²) in [5.41, 5.74) is 1.66. The molecule has 3 aromatic carbocycles. The summed E-state index contributed by atoms with van der Waals surface area (Å²) in [6.07, 6.45) is -0.0904. The van der Waals surface area contributed by atoms with Gasteiger partial charge in [0.15, 0.2) is 0 Å². The molecule has 2 fully saturated rings. The number of hydrogen-bond donors (Lipinski definition) is 1. The molecule has 2 amide bonds. The Bertz CT molecular complexity index is 1420. The highest BCUT2D eigenvalue weighted by atomic mass is 19.4. The van der Waals surface area contributed by atoms with Crippen molar-refractivity contribution >= 4 is 11.8 Å². The van der Waals surface area contributed by atoms with Gasteiger partial charge in [-0.1, -0.05) is 24.3 Å². The number of carbonyl (C=O) groups excluding carboxylic acids is 2. The van der Waals surface area contributed by atoms with Gasteiger partial charge < -0.3 is 29.2 Å². The van der Waals surface area contributed by atoms with Gasteiger partial charge in [-0.3, -0.25) is 9.59 Å². The molecule has 0 saturated carbocycles. The number of nitrogens with zero attached hydrogens (tertiary/aromatic N) is 1. The summed E-state index contributed by atoms with van der Waals surface area (Å²) in [5.74, 6) is 2.82. The molecule has 2 aliphatic heterocycles. The summed E-state index contributed by atoms with van der Waals surface area (Å²) in [7, 11) is 6.37. The molecule has 0 spiro atoms. The molecule has 0 bridgehead atoms. The maximum atomic E-state index is 12.8. The second kappa shape index (κ2) is 15.0. The summed E-state index contributed by atoms with van der Waals surface area (Å²) in [5, 5.41) is 2.98. The van der Waals surface area contributed by atoms with Crippen molar-refractivity contribution in [1.82, 2.24) is 10.2 Å². The average Bonchev–Trinajstić information content (AvgIpc) is 3.05. The van der Waals surface area contributed by atoms with E-state index in [0.717, 1.165) is 60.4 Å². The second-order valence-corrected chi connectivity index (χ2v) is 10.8. The maximum Gasteiger partial charge on any atom is 0.416 e. The Balaban J connectivity index is 0.000000231. The van der Waals surface area contributed by atoms with Gasteiger partial charge in [0.1, 0.15) is 23.0 Å². The molecule has 45 heavy (non-hydrogen) atoms. The largest absolute Gasteiger partial charge is 0.496 e. The van der Waals surface area contributed by atoms with Gasteiger partial charge in [-0.05, 0) is 67.6 Å². The van der Waals surface area contributed by atoms with E-state index < -0.39 is 11.7 Å². The van der Waals surface area contributed by atoms with Crippen LogP contribution in [-0.4, -0.2) is 45.2 Å². The van der Waals surface area contributed by atoms with Crippen molar-refractivity contribution in [1.29, 1.82) is 0 Å². The van der Waals surface area contributed by atoms with E-state index in [0.29, 0.717) is 29.9 Å². The van der Waals surface area contributed by atoms with Crippen molar-refractivity contribution in [3.05, 3.63) is 82.9 Å². The summed E-state index contributed by atoms with van der Waals surface area (Å²) in [4.78, 5) is 25.8. The normalized spacial score (nSPS) is 18.3. The molecule has 0 aliphatic carbocycles. The molecule has 2 saturated heterocycles. The van der Waals surface area contributed by atoms with E-state index in [-0.39, 0.29) is 30.4 Å². The zero-order valence-corrected chi connectivity index (χ0v) is 25.9. The summed E-state index contributed by atoms with van der Waals surface area (Å²) in [6.45, 7) is 0.225. The fraction of sp³-hybridized carbons (Fsp3) is 0.412. The van der Waals surface area contributed by atoms with E-state index in [1.54, 1.807) is 33.3 Å². The SMILES string of the molecule is COc1cccc(OC)c1C1CCCC(=O)N1.COc1cccc(OC)c1C1CCCC(=O)N1Cc1ccc(C(F)(F)F)cc1. The maximum absolute atomic E-state index is 12.8. The van der Waals surface area contributed by atoms with Crippen LogP contribution < -0.4 is 24.3 Å². The topological polar surface area (TPSA) is 86.3 Å². The van der Waals surface area contributed by atoms with Crippen molar-refractivity contribution in [3.63, 3.8) is 0 Å². The number of piperidine rings is 2. The van der Waals surface area contributed by atoms with Gasteiger partial charge in [0.2, 0.25) is 11.8 Å². The number of halogens is 3. The van der Waals surface area contributed by atoms with Crippen LogP contribution in [0.3, 0.4) is 0 Å². The fourth-order valence-electron chi connectivity index (χ4n) is 5.87. The van der Waals surface area contributed by atoms with Gasteiger partial charge in [0, 0.05) is 19.4 Å². The fourth-order valence-corrected chi connectivity index (χ4v) is 5.87. The Hall–Kier alpha value is -4.41. The van der Waals surface area contributed by atoms with Crippen LogP contribution in [0.25, 0.3) is 0 Å². The lowest BCUT2D eigenvalue weighted by Gasteiger charge is -2.37. The van der Waals surface area contributed by atoms with E-state index in [9.17, 15) is 22.8 Å². The lowest BCUT2D eigenvalue weighted by Crippen LogP contribution is -2.38. The summed E-state index contributed by atoms with van der Waals surface area (Å²) in [6, 6.07) is 15.7. The first-order valence-corrected chi connectivity index (χ1v) is 14.8. The van der Waals surface area contributed by atoms with Gasteiger partial charge in [-0.25, -0.2) is 0 Å². The zero-order valence-electron chi connectivity index (χ0n) is 25.9. The third kappa shape index (κ3) is 8.01. The molecule has 0 aromatic heterocycles. The minimum absolute atomic E-state index is 0.0117. The molecular weight excluding hydrogens is 589 g/mol. The number of hydrogen-bond acceptors (Lipinski definition) is 6. The van der Waals surface area contributed by atoms with Crippen LogP contribution in [0.15, 0.2) is 60.7 Å². The number of nitrogens with one attached hydrogen (secondary N) is 1. The van der Waals surface area contributed by atoms with Gasteiger partial charge >= 0.3 is 6.18 Å². The molecule has 0 radical (unpaired) electrons. The molecule has 8 nitrogen and oxygen atoms in total. The van der Waals surface area contributed by atoms with Crippen molar-refractivity contribution in [2.24, 2.45) is 0 Å². The Morgan fingerprint density at radius 2 is 1.24 bits per heavy atom. The van der Waals surface area contributed by atoms with E-state index in [2.05, 4.69) is 5.32 Å². The zero-order chi connectivity index (χ0) is 32.6. The Kier molecular flexibility index (Phi) is 11.2. The number of amides is 2. The van der Waals surface area contributed by atoms with E-state index in [1.165, 1.54) is 12.1 Å². The predicted octanol–water partition coefficient (Wildman–Crippen LogP) is 7.02. The molecular formula is C34H39F3N2O6. The number of rotatable bonds is 8. The first-order chi connectivity index (χ1) is 21.6. The second-order valence-electron chi connectivity index (χ2n) is 10.8. The van der Waals surface area contributed by atoms with E-state index in [4.69, 9.17) is 18.9 Å². The number of likely N-dealkylation sites (tertiary alicyclic amines) is 1. The quantitative estimate of drug-likeness (QED) is 0.289. The van der Waals surface area contributed by atoms with Crippen LogP contribution in [0.1, 0.15) is 72.9 Å². The number of benzene rings is 3. The van der Waals surface area contributed by atoms with Crippen molar-refractivity contribution in [2.45, 2.75) is 63.3 Å². The lowest BCUT2D eigenvalue weighted by molar-refractivity contribution is -0.138. The van der Waals surface area contributed by atoms with Crippen molar-refractivity contribution in [2.75, 3.05) is 28.4 Å². The molecule has 2 atom stereocenters. The molecule has 2 unspecified atom stereocenters. The predicted molar refractivity (Wildman–Crippen MR) is 162 cm³/mol. The number of ether oxygens (including phenoxy) is 4. The number of alkyl halides is 3. The van der Waals surface area contributed by atoms with Crippen LogP contribution in [-0.2, 0) is 22.3 Å². The van der Waals surface area contributed by atoms with Gasteiger partial charge in [-0.2, -0.15) is 13.2 Å². The van der Waals surface area contributed by atoms with E-state index >= 15 is 0 Å². The minimum Gasteiger partial charge on any atom is -0.496 e. The van der Waals surface area contributed by atoms with Gasteiger partial charge in [0.05, 0.1) is 57.2 Å². The first-order valence-electron chi connectivity index (χ1n) is 14.8. The molecule has 2 heterocycles. The summed E-state index contributed by atoms with van der Waals surface area (Å²) >= 11 is 0. The van der Waals surface area contributed by atoms with Crippen molar-refractivity contribution in [3.8, 4) is 23.0 Å². The molecule has 11 heteroatoms. The molecule has 5 rings (SSSR count). The Labute approximate surface area is 261 Å². The standard InChI is InChI=1S/C21H22F3NO3.C13H17NO3/c1-27-17-6-4-7-18(28-2)20(17)16-5-3-8-19(26)25(16)13-14-9-11-15(12-10-14)21(22,23)24;1-16-10-6-4-7-11(17-2)13(10)9-5-3-8-12(15)14-9/h4,6-7,9-12,16H,3,5,8,13H2,1-2H3;4,6-7,9H,3,5,8H2,1-2H3,(H,14,15). The molecule has 3 aromatic rings. The molecule has 1 N–H and O–H groups in total.